The number of anilines is 1. The van der Waals surface area contributed by atoms with Gasteiger partial charge in [-0.15, -0.1) is 0 Å². The van der Waals surface area contributed by atoms with Crippen molar-refractivity contribution < 1.29 is 9.53 Å². The highest BCUT2D eigenvalue weighted by Gasteiger charge is 2.17. The molecule has 0 bridgehead atoms. The van der Waals surface area contributed by atoms with Crippen LogP contribution < -0.4 is 5.32 Å². The van der Waals surface area contributed by atoms with Crippen LogP contribution in [0.2, 0.25) is 0 Å². The van der Waals surface area contributed by atoms with E-state index >= 15 is 0 Å². The number of hydrogen-bond donors (Lipinski definition) is 1. The lowest BCUT2D eigenvalue weighted by Crippen LogP contribution is -2.27. The van der Waals surface area contributed by atoms with Crippen molar-refractivity contribution in [3.8, 4) is 0 Å². The number of carbonyl (C=O) groups excluding carboxylic acids is 1. The summed E-state index contributed by atoms with van der Waals surface area (Å²) in [6.07, 6.45) is 3.26. The van der Waals surface area contributed by atoms with E-state index in [1.165, 1.54) is 6.33 Å². The highest BCUT2D eigenvalue weighted by Crippen LogP contribution is 2.13. The number of aromatic nitrogens is 2. The molecule has 0 aliphatic carbocycles. The van der Waals surface area contributed by atoms with Gasteiger partial charge in [0.2, 0.25) is 0 Å². The van der Waals surface area contributed by atoms with Gasteiger partial charge < -0.3 is 4.74 Å². The summed E-state index contributed by atoms with van der Waals surface area (Å²) >= 11 is 0. The standard InChI is InChI=1S/C11H17N3O2/c1-5-8-9(6-12-7-13-8)14-10(15)16-11(2,3)4/h6-7H,5H2,1-4H3,(H,14,15). The first kappa shape index (κ1) is 12.4. The molecule has 1 rings (SSSR count). The van der Waals surface area contributed by atoms with E-state index in [0.29, 0.717) is 5.69 Å². The summed E-state index contributed by atoms with van der Waals surface area (Å²) in [6.45, 7) is 7.40. The van der Waals surface area contributed by atoms with Crippen molar-refractivity contribution in [2.75, 3.05) is 5.32 Å². The molecule has 0 atom stereocenters. The molecule has 1 amide bonds. The molecule has 0 aliphatic rings. The van der Waals surface area contributed by atoms with Crippen molar-refractivity contribution in [1.29, 1.82) is 0 Å². The number of aryl methyl sites for hydroxylation is 1. The van der Waals surface area contributed by atoms with Crippen LogP contribution in [0.25, 0.3) is 0 Å². The molecule has 0 aliphatic heterocycles. The molecule has 0 fully saturated rings. The molecule has 1 N–H and O–H groups in total. The zero-order valence-corrected chi connectivity index (χ0v) is 10.1. The highest BCUT2D eigenvalue weighted by atomic mass is 16.6. The Labute approximate surface area is 95.3 Å². The Bertz CT molecular complexity index is 372. The predicted octanol–water partition coefficient (Wildman–Crippen LogP) is 2.39. The van der Waals surface area contributed by atoms with E-state index in [-0.39, 0.29) is 0 Å². The second-order valence-electron chi connectivity index (χ2n) is 4.36. The van der Waals surface area contributed by atoms with Gasteiger partial charge in [0.15, 0.2) is 0 Å². The maximum atomic E-state index is 11.5. The van der Waals surface area contributed by atoms with Gasteiger partial charge in [-0.2, -0.15) is 0 Å². The molecule has 5 heteroatoms. The zero-order valence-electron chi connectivity index (χ0n) is 10.1. The minimum Gasteiger partial charge on any atom is -0.444 e. The normalized spacial score (nSPS) is 11.0. The van der Waals surface area contributed by atoms with Crippen molar-refractivity contribution in [1.82, 2.24) is 9.97 Å². The van der Waals surface area contributed by atoms with Crippen LogP contribution in [0.5, 0.6) is 0 Å². The molecule has 1 heterocycles. The van der Waals surface area contributed by atoms with Crippen LogP contribution >= 0.6 is 0 Å². The van der Waals surface area contributed by atoms with Gasteiger partial charge in [0.05, 0.1) is 17.6 Å². The number of ether oxygens (including phenoxy) is 1. The molecule has 5 nitrogen and oxygen atoms in total. The van der Waals surface area contributed by atoms with Crippen molar-refractivity contribution >= 4 is 11.8 Å². The second-order valence-corrected chi connectivity index (χ2v) is 4.36. The van der Waals surface area contributed by atoms with Crippen molar-refractivity contribution in [3.05, 3.63) is 18.2 Å². The summed E-state index contributed by atoms with van der Waals surface area (Å²) in [4.78, 5) is 19.4. The van der Waals surface area contributed by atoms with Crippen LogP contribution in [0.1, 0.15) is 33.4 Å². The minimum absolute atomic E-state index is 0.489. The van der Waals surface area contributed by atoms with Gasteiger partial charge >= 0.3 is 6.09 Å². The molecule has 1 aromatic heterocycles. The fourth-order valence-corrected chi connectivity index (χ4v) is 1.15. The van der Waals surface area contributed by atoms with E-state index in [1.54, 1.807) is 6.20 Å². The fraction of sp³-hybridized carbons (Fsp3) is 0.545. The maximum Gasteiger partial charge on any atom is 0.412 e. The van der Waals surface area contributed by atoms with E-state index in [9.17, 15) is 4.79 Å². The van der Waals surface area contributed by atoms with Gasteiger partial charge in [-0.25, -0.2) is 14.8 Å². The summed E-state index contributed by atoms with van der Waals surface area (Å²) in [5.41, 5.74) is 0.881. The average molecular weight is 223 g/mol. The van der Waals surface area contributed by atoms with E-state index in [0.717, 1.165) is 12.1 Å². The second kappa shape index (κ2) is 4.92. The summed E-state index contributed by atoms with van der Waals surface area (Å²) in [6, 6.07) is 0. The first-order valence-electron chi connectivity index (χ1n) is 5.21. The Balaban J connectivity index is 2.70. The number of carbonyl (C=O) groups is 1. The number of amides is 1. The molecule has 0 aromatic carbocycles. The maximum absolute atomic E-state index is 11.5. The van der Waals surface area contributed by atoms with Gasteiger partial charge in [-0.05, 0) is 27.2 Å². The Morgan fingerprint density at radius 2 is 2.19 bits per heavy atom. The smallest absolute Gasteiger partial charge is 0.412 e. The average Bonchev–Trinajstić information content (AvgIpc) is 2.15. The molecule has 0 unspecified atom stereocenters. The largest absolute Gasteiger partial charge is 0.444 e. The first-order valence-corrected chi connectivity index (χ1v) is 5.21. The number of hydrogen-bond acceptors (Lipinski definition) is 4. The molecular formula is C11H17N3O2. The molecule has 0 radical (unpaired) electrons. The zero-order chi connectivity index (χ0) is 12.2. The van der Waals surface area contributed by atoms with Crippen LogP contribution in [-0.4, -0.2) is 21.7 Å². The number of nitrogens with one attached hydrogen (secondary N) is 1. The number of rotatable bonds is 2. The lowest BCUT2D eigenvalue weighted by atomic mass is 10.2. The monoisotopic (exact) mass is 223 g/mol. The predicted molar refractivity (Wildman–Crippen MR) is 61.3 cm³/mol. The molecule has 1 aromatic rings. The Hall–Kier alpha value is -1.65. The topological polar surface area (TPSA) is 64.1 Å². The molecule has 0 saturated heterocycles. The summed E-state index contributed by atoms with van der Waals surface area (Å²) < 4.78 is 5.14. The molecule has 0 spiro atoms. The van der Waals surface area contributed by atoms with Gasteiger partial charge in [0, 0.05) is 0 Å². The van der Waals surface area contributed by atoms with Gasteiger partial charge in [0.25, 0.3) is 0 Å². The molecular weight excluding hydrogens is 206 g/mol. The van der Waals surface area contributed by atoms with E-state index in [4.69, 9.17) is 4.74 Å². The van der Waals surface area contributed by atoms with Gasteiger partial charge in [-0.1, -0.05) is 6.92 Å². The lowest BCUT2D eigenvalue weighted by Gasteiger charge is -2.20. The lowest BCUT2D eigenvalue weighted by molar-refractivity contribution is 0.0635. The third-order valence-corrected chi connectivity index (χ3v) is 1.77. The van der Waals surface area contributed by atoms with E-state index in [2.05, 4.69) is 15.3 Å². The van der Waals surface area contributed by atoms with Gasteiger partial charge in [0.1, 0.15) is 11.9 Å². The van der Waals surface area contributed by atoms with Crippen LogP contribution in [0, 0.1) is 0 Å². The summed E-state index contributed by atoms with van der Waals surface area (Å²) in [7, 11) is 0. The van der Waals surface area contributed by atoms with Crippen LogP contribution in [0.4, 0.5) is 10.5 Å². The van der Waals surface area contributed by atoms with Gasteiger partial charge in [-0.3, -0.25) is 5.32 Å². The highest BCUT2D eigenvalue weighted by molar-refractivity contribution is 5.85. The van der Waals surface area contributed by atoms with Crippen LogP contribution in [-0.2, 0) is 11.2 Å². The molecule has 0 saturated carbocycles. The third kappa shape index (κ3) is 3.84. The summed E-state index contributed by atoms with van der Waals surface area (Å²) in [5, 5.41) is 2.63. The van der Waals surface area contributed by atoms with E-state index < -0.39 is 11.7 Å². The first-order chi connectivity index (χ1) is 7.42. The van der Waals surface area contributed by atoms with Crippen molar-refractivity contribution in [3.63, 3.8) is 0 Å². The van der Waals surface area contributed by atoms with Crippen molar-refractivity contribution in [2.45, 2.75) is 39.7 Å². The Morgan fingerprint density at radius 3 is 2.75 bits per heavy atom. The quantitative estimate of drug-likeness (QED) is 0.836. The van der Waals surface area contributed by atoms with E-state index in [1.807, 2.05) is 27.7 Å². The van der Waals surface area contributed by atoms with Crippen LogP contribution in [0.3, 0.4) is 0 Å². The molecule has 88 valence electrons. The third-order valence-electron chi connectivity index (χ3n) is 1.77. The van der Waals surface area contributed by atoms with Crippen molar-refractivity contribution in [2.24, 2.45) is 0 Å². The Kier molecular flexibility index (Phi) is 3.82. The fourth-order valence-electron chi connectivity index (χ4n) is 1.15. The molecule has 16 heavy (non-hydrogen) atoms. The number of nitrogens with zero attached hydrogens (tertiary/aromatic N) is 2. The Morgan fingerprint density at radius 1 is 1.50 bits per heavy atom. The minimum atomic E-state index is -0.508. The van der Waals surface area contributed by atoms with Crippen LogP contribution in [0.15, 0.2) is 12.5 Å². The summed E-state index contributed by atoms with van der Waals surface area (Å²) in [5.74, 6) is 0. The SMILES string of the molecule is CCc1ncncc1NC(=O)OC(C)(C)C.